The molecule has 0 saturated carbocycles. The summed E-state index contributed by atoms with van der Waals surface area (Å²) in [6.45, 7) is 1.08. The lowest BCUT2D eigenvalue weighted by atomic mass is 9.99. The van der Waals surface area contributed by atoms with Gasteiger partial charge >= 0.3 is 6.03 Å². The number of hydrogen-bond donors (Lipinski definition) is 2. The van der Waals surface area contributed by atoms with E-state index in [0.29, 0.717) is 25.3 Å². The van der Waals surface area contributed by atoms with Crippen LogP contribution in [-0.2, 0) is 29.1 Å². The lowest BCUT2D eigenvalue weighted by Crippen LogP contribution is -2.65. The van der Waals surface area contributed by atoms with E-state index in [1.54, 1.807) is 29.1 Å². The monoisotopic (exact) mass is 607 g/mol. The van der Waals surface area contributed by atoms with Crippen molar-refractivity contribution >= 4 is 28.6 Å². The maximum Gasteiger partial charge on any atom is 0.332 e. The molecule has 2 atom stereocenters. The van der Waals surface area contributed by atoms with Crippen molar-refractivity contribution in [3.63, 3.8) is 0 Å². The zero-order valence-corrected chi connectivity index (χ0v) is 25.2. The molecule has 2 N–H and O–H groups in total. The summed E-state index contributed by atoms with van der Waals surface area (Å²) in [5.74, 6) is 0.282. The molecule has 2 aliphatic rings. The van der Waals surface area contributed by atoms with Crippen LogP contribution >= 0.6 is 0 Å². The molecule has 45 heavy (non-hydrogen) atoms. The highest BCUT2D eigenvalue weighted by Gasteiger charge is 2.51. The highest BCUT2D eigenvalue weighted by atomic mass is 16.5. The molecular weight excluding hydrogens is 570 g/mol. The number of aliphatic hydroxyl groups is 1. The van der Waals surface area contributed by atoms with Crippen LogP contribution in [0.3, 0.4) is 0 Å². The Balaban J connectivity index is 1.27. The van der Waals surface area contributed by atoms with Crippen LogP contribution in [0.25, 0.3) is 10.8 Å². The first-order valence-corrected chi connectivity index (χ1v) is 15.1. The van der Waals surface area contributed by atoms with Gasteiger partial charge in [-0.25, -0.2) is 4.79 Å². The zero-order valence-electron chi connectivity index (χ0n) is 25.2. The van der Waals surface area contributed by atoms with Crippen LogP contribution < -0.4 is 10.1 Å². The van der Waals surface area contributed by atoms with E-state index in [0.717, 1.165) is 27.5 Å². The molecule has 0 unspecified atom stereocenters. The predicted octanol–water partition coefficient (Wildman–Crippen LogP) is 3.39. The van der Waals surface area contributed by atoms with Crippen molar-refractivity contribution in [2.75, 3.05) is 33.4 Å². The Bertz CT molecular complexity index is 1660. The summed E-state index contributed by atoms with van der Waals surface area (Å²) < 4.78 is 5.50. The molecule has 0 spiro atoms. The number of benzene rings is 4. The van der Waals surface area contributed by atoms with Crippen LogP contribution in [0.15, 0.2) is 97.1 Å². The summed E-state index contributed by atoms with van der Waals surface area (Å²) in [6.07, 6.45) is -0.208. The second kappa shape index (κ2) is 13.4. The van der Waals surface area contributed by atoms with Crippen LogP contribution in [-0.4, -0.2) is 88.3 Å². The van der Waals surface area contributed by atoms with Crippen molar-refractivity contribution in [3.8, 4) is 5.75 Å². The van der Waals surface area contributed by atoms with E-state index in [1.165, 1.54) is 5.01 Å². The van der Waals surface area contributed by atoms with Crippen LogP contribution in [0.4, 0.5) is 4.79 Å². The Labute approximate surface area is 262 Å². The van der Waals surface area contributed by atoms with Crippen LogP contribution in [0.5, 0.6) is 5.75 Å². The second-order valence-corrected chi connectivity index (χ2v) is 11.3. The number of aliphatic hydroxyl groups excluding tert-OH is 1. The smallest absolute Gasteiger partial charge is 0.332 e. The molecule has 10 nitrogen and oxygen atoms in total. The number of hydrazine groups is 1. The molecule has 10 heteroatoms. The molecule has 6 rings (SSSR count). The molecule has 0 aliphatic carbocycles. The van der Waals surface area contributed by atoms with Gasteiger partial charge in [0.2, 0.25) is 11.8 Å². The van der Waals surface area contributed by atoms with Gasteiger partial charge in [0.1, 0.15) is 24.6 Å². The maximum atomic E-state index is 14.2. The molecule has 2 heterocycles. The van der Waals surface area contributed by atoms with Crippen molar-refractivity contribution in [2.24, 2.45) is 0 Å². The SMILES string of the molecule is CN(C(=O)NCc1ccccc1)N1CC(=O)N2[C@@H](Cc3ccc(OCCO)cc3)C(=O)N(Cc3cccc4ccccc34)C[C@@H]21. The molecule has 0 bridgehead atoms. The number of carbonyl (C=O) groups is 3. The summed E-state index contributed by atoms with van der Waals surface area (Å²) in [6, 6.07) is 30.1. The van der Waals surface area contributed by atoms with Gasteiger partial charge in [-0.2, -0.15) is 5.01 Å². The molecule has 0 radical (unpaired) electrons. The van der Waals surface area contributed by atoms with Crippen LogP contribution in [0.1, 0.15) is 16.7 Å². The van der Waals surface area contributed by atoms with Gasteiger partial charge in [0.25, 0.3) is 0 Å². The number of carbonyl (C=O) groups excluding carboxylic acids is 3. The third-order valence-corrected chi connectivity index (χ3v) is 8.49. The third-order valence-electron chi connectivity index (χ3n) is 8.49. The van der Waals surface area contributed by atoms with Gasteiger partial charge in [-0.1, -0.05) is 84.9 Å². The maximum absolute atomic E-state index is 14.2. The van der Waals surface area contributed by atoms with Crippen molar-refractivity contribution < 1.29 is 24.2 Å². The molecule has 232 valence electrons. The molecule has 2 aliphatic heterocycles. The van der Waals surface area contributed by atoms with Crippen molar-refractivity contribution in [2.45, 2.75) is 31.7 Å². The molecule has 2 saturated heterocycles. The fourth-order valence-electron chi connectivity index (χ4n) is 6.20. The number of hydrogen-bond acceptors (Lipinski definition) is 6. The third kappa shape index (κ3) is 6.47. The van der Waals surface area contributed by atoms with Crippen molar-refractivity contribution in [1.29, 1.82) is 0 Å². The van der Waals surface area contributed by atoms with Crippen LogP contribution in [0, 0.1) is 0 Å². The highest BCUT2D eigenvalue weighted by Crippen LogP contribution is 2.31. The normalized spacial score (nSPS) is 18.3. The lowest BCUT2D eigenvalue weighted by Gasteiger charge is -2.46. The summed E-state index contributed by atoms with van der Waals surface area (Å²) in [5, 5.41) is 17.4. The topological polar surface area (TPSA) is 106 Å². The Morgan fingerprint density at radius 3 is 2.44 bits per heavy atom. The minimum absolute atomic E-state index is 0.0141. The summed E-state index contributed by atoms with van der Waals surface area (Å²) in [4.78, 5) is 44.5. The van der Waals surface area contributed by atoms with E-state index >= 15 is 0 Å². The molecule has 2 fully saturated rings. The van der Waals surface area contributed by atoms with E-state index in [1.807, 2.05) is 71.6 Å². The number of nitrogens with one attached hydrogen (secondary N) is 1. The van der Waals surface area contributed by atoms with Gasteiger partial charge in [-0.15, -0.1) is 0 Å². The minimum Gasteiger partial charge on any atom is -0.491 e. The quantitative estimate of drug-likeness (QED) is 0.287. The zero-order chi connectivity index (χ0) is 31.3. The summed E-state index contributed by atoms with van der Waals surface area (Å²) in [7, 11) is 1.66. The Kier molecular flexibility index (Phi) is 8.95. The van der Waals surface area contributed by atoms with E-state index in [9.17, 15) is 14.4 Å². The number of fused-ring (bicyclic) bond motifs is 2. The van der Waals surface area contributed by atoms with Gasteiger partial charge in [-0.05, 0) is 39.6 Å². The van der Waals surface area contributed by atoms with E-state index < -0.39 is 12.2 Å². The molecular formula is C35H37N5O5. The molecule has 4 aromatic rings. The fraction of sp³-hybridized carbons (Fsp3) is 0.286. The van der Waals surface area contributed by atoms with Crippen LogP contribution in [0.2, 0.25) is 0 Å². The van der Waals surface area contributed by atoms with Gasteiger partial charge in [0, 0.05) is 26.6 Å². The second-order valence-electron chi connectivity index (χ2n) is 11.3. The minimum atomic E-state index is -0.749. The first-order valence-electron chi connectivity index (χ1n) is 15.1. The standard InChI is InChI=1S/C35H37N5O5/c1-37(35(44)36-21-26-8-3-2-4-9-26)39-24-33(42)40-31(20-25-14-16-29(17-15-25)45-19-18-41)34(43)38(23-32(39)40)22-28-12-7-11-27-10-5-6-13-30(27)28/h2-17,31-32,41H,18-24H2,1H3,(H,36,44)/t31-,32+/m0/s1. The average Bonchev–Trinajstić information content (AvgIpc) is 3.40. The van der Waals surface area contributed by atoms with Gasteiger partial charge in [0.15, 0.2) is 0 Å². The lowest BCUT2D eigenvalue weighted by molar-refractivity contribution is -0.157. The largest absolute Gasteiger partial charge is 0.491 e. The summed E-state index contributed by atoms with van der Waals surface area (Å²) >= 11 is 0. The first-order chi connectivity index (χ1) is 21.9. The van der Waals surface area contributed by atoms with Crippen molar-refractivity contribution in [3.05, 3.63) is 114 Å². The first kappa shape index (κ1) is 30.1. The molecule has 4 aromatic carbocycles. The van der Waals surface area contributed by atoms with Gasteiger partial charge in [0.05, 0.1) is 19.7 Å². The Morgan fingerprint density at radius 1 is 0.933 bits per heavy atom. The van der Waals surface area contributed by atoms with E-state index in [2.05, 4.69) is 23.5 Å². The number of piperazine rings is 1. The number of ether oxygens (including phenoxy) is 1. The van der Waals surface area contributed by atoms with Gasteiger partial charge in [-0.3, -0.25) is 14.6 Å². The molecule has 0 aromatic heterocycles. The summed E-state index contributed by atoms with van der Waals surface area (Å²) in [5.41, 5.74) is 2.86. The van der Waals surface area contributed by atoms with E-state index in [-0.39, 0.29) is 44.1 Å². The fourth-order valence-corrected chi connectivity index (χ4v) is 6.20. The highest BCUT2D eigenvalue weighted by molar-refractivity contribution is 5.92. The van der Waals surface area contributed by atoms with E-state index in [4.69, 9.17) is 9.84 Å². The number of urea groups is 1. The Hall–Kier alpha value is -4.93. The Morgan fingerprint density at radius 2 is 1.67 bits per heavy atom. The predicted molar refractivity (Wildman–Crippen MR) is 170 cm³/mol. The molecule has 4 amide bonds. The van der Waals surface area contributed by atoms with Crippen molar-refractivity contribution in [1.82, 2.24) is 25.1 Å². The average molecular weight is 608 g/mol. The number of amides is 4. The number of rotatable bonds is 10. The van der Waals surface area contributed by atoms with Gasteiger partial charge < -0.3 is 25.0 Å². The number of nitrogens with zero attached hydrogens (tertiary/aromatic N) is 4.